The highest BCUT2D eigenvalue weighted by molar-refractivity contribution is 7.89. The molecule has 0 unspecified atom stereocenters. The summed E-state index contributed by atoms with van der Waals surface area (Å²) in [6.07, 6.45) is 5.65. The third-order valence-corrected chi connectivity index (χ3v) is 5.94. The molecule has 0 aromatic carbocycles. The van der Waals surface area contributed by atoms with E-state index in [1.807, 2.05) is 11.6 Å². The molecule has 2 aromatic heterocycles. The molecule has 0 amide bonds. The number of anilines is 1. The Morgan fingerprint density at radius 3 is 2.74 bits per heavy atom. The summed E-state index contributed by atoms with van der Waals surface area (Å²) in [6.45, 7) is 2.43. The number of nitrogens with zero attached hydrogens (tertiary/aromatic N) is 5. The molecule has 1 N–H and O–H groups in total. The minimum Gasteiger partial charge on any atom is -0.353 e. The monoisotopic (exact) mass is 336 g/mol. The van der Waals surface area contributed by atoms with E-state index in [1.165, 1.54) is 4.31 Å². The Morgan fingerprint density at radius 2 is 2.04 bits per heavy atom. The Hall–Kier alpha value is -2.00. The maximum Gasteiger partial charge on any atom is 0.222 e. The number of nitrogens with one attached hydrogen (secondary N) is 1. The smallest absolute Gasteiger partial charge is 0.222 e. The minimum atomic E-state index is -3.30. The lowest BCUT2D eigenvalue weighted by Gasteiger charge is -2.34. The molecule has 0 saturated carbocycles. The molecule has 3 rings (SSSR count). The number of aromatic nitrogens is 4. The van der Waals surface area contributed by atoms with E-state index in [2.05, 4.69) is 20.3 Å². The number of imidazole rings is 1. The second-order valence-electron chi connectivity index (χ2n) is 5.51. The standard InChI is InChI=1S/C14H20N6O2S/c1-3-23(21,22)20-9-12-13(19(2)10-18-12)7-11(20)8-17-14-15-5-4-6-16-14/h4-6,10-11H,3,7-9H2,1-2H3,(H,15,16,17)/t11-/m0/s1. The zero-order valence-corrected chi connectivity index (χ0v) is 14.0. The van der Waals surface area contributed by atoms with Gasteiger partial charge in [-0.15, -0.1) is 0 Å². The molecule has 23 heavy (non-hydrogen) atoms. The third kappa shape index (κ3) is 3.20. The average molecular weight is 336 g/mol. The maximum absolute atomic E-state index is 12.4. The summed E-state index contributed by atoms with van der Waals surface area (Å²) in [7, 11) is -1.37. The normalized spacial score (nSPS) is 18.6. The topological polar surface area (TPSA) is 93.0 Å². The van der Waals surface area contributed by atoms with Crippen LogP contribution in [0.25, 0.3) is 0 Å². The summed E-state index contributed by atoms with van der Waals surface area (Å²) in [5.41, 5.74) is 1.91. The Bertz CT molecular complexity index is 774. The first-order valence-corrected chi connectivity index (χ1v) is 9.11. The number of sulfonamides is 1. The summed E-state index contributed by atoms with van der Waals surface area (Å²) >= 11 is 0. The van der Waals surface area contributed by atoms with Gasteiger partial charge in [-0.2, -0.15) is 4.31 Å². The van der Waals surface area contributed by atoms with Crippen molar-refractivity contribution in [2.24, 2.45) is 7.05 Å². The van der Waals surface area contributed by atoms with Crippen LogP contribution in [0.2, 0.25) is 0 Å². The number of fused-ring (bicyclic) bond motifs is 1. The van der Waals surface area contributed by atoms with Gasteiger partial charge in [-0.1, -0.05) is 0 Å². The Labute approximate surface area is 135 Å². The van der Waals surface area contributed by atoms with Crippen molar-refractivity contribution in [3.8, 4) is 0 Å². The van der Waals surface area contributed by atoms with E-state index in [1.54, 1.807) is 31.7 Å². The molecule has 1 aliphatic heterocycles. The highest BCUT2D eigenvalue weighted by Gasteiger charge is 2.35. The van der Waals surface area contributed by atoms with Gasteiger partial charge in [0.1, 0.15) is 0 Å². The quantitative estimate of drug-likeness (QED) is 0.849. The molecule has 0 saturated heterocycles. The van der Waals surface area contributed by atoms with Gasteiger partial charge in [-0.3, -0.25) is 0 Å². The zero-order chi connectivity index (χ0) is 16.4. The van der Waals surface area contributed by atoms with Gasteiger partial charge >= 0.3 is 0 Å². The van der Waals surface area contributed by atoms with Crippen molar-refractivity contribution in [2.75, 3.05) is 17.6 Å². The van der Waals surface area contributed by atoms with Gasteiger partial charge in [0.25, 0.3) is 0 Å². The van der Waals surface area contributed by atoms with Crippen molar-refractivity contribution < 1.29 is 8.42 Å². The summed E-state index contributed by atoms with van der Waals surface area (Å²) in [4.78, 5) is 12.5. The van der Waals surface area contributed by atoms with Gasteiger partial charge in [0, 0.05) is 44.1 Å². The molecule has 0 fully saturated rings. The van der Waals surface area contributed by atoms with Crippen molar-refractivity contribution in [3.05, 3.63) is 36.2 Å². The Morgan fingerprint density at radius 1 is 1.30 bits per heavy atom. The van der Waals surface area contributed by atoms with E-state index in [9.17, 15) is 8.42 Å². The molecule has 124 valence electrons. The van der Waals surface area contributed by atoms with Crippen LogP contribution < -0.4 is 5.32 Å². The Kier molecular flexibility index (Phi) is 4.31. The number of hydrogen-bond acceptors (Lipinski definition) is 6. The van der Waals surface area contributed by atoms with Crippen LogP contribution in [0, 0.1) is 0 Å². The number of hydrogen-bond donors (Lipinski definition) is 1. The van der Waals surface area contributed by atoms with Crippen molar-refractivity contribution in [2.45, 2.75) is 25.9 Å². The van der Waals surface area contributed by atoms with Gasteiger partial charge < -0.3 is 9.88 Å². The zero-order valence-electron chi connectivity index (χ0n) is 13.2. The van der Waals surface area contributed by atoms with Gasteiger partial charge in [-0.25, -0.2) is 23.4 Å². The summed E-state index contributed by atoms with van der Waals surface area (Å²) in [5.74, 6) is 0.574. The van der Waals surface area contributed by atoms with Crippen LogP contribution >= 0.6 is 0 Å². The maximum atomic E-state index is 12.4. The van der Waals surface area contributed by atoms with Gasteiger partial charge in [-0.05, 0) is 13.0 Å². The predicted molar refractivity (Wildman–Crippen MR) is 86.2 cm³/mol. The lowest BCUT2D eigenvalue weighted by atomic mass is 10.1. The van der Waals surface area contributed by atoms with Crippen molar-refractivity contribution in [3.63, 3.8) is 0 Å². The largest absolute Gasteiger partial charge is 0.353 e. The lowest BCUT2D eigenvalue weighted by Crippen LogP contribution is -2.48. The third-order valence-electron chi connectivity index (χ3n) is 4.07. The van der Waals surface area contributed by atoms with E-state index in [4.69, 9.17) is 0 Å². The van der Waals surface area contributed by atoms with Crippen LogP contribution in [-0.4, -0.2) is 50.6 Å². The van der Waals surface area contributed by atoms with Crippen molar-refractivity contribution in [1.82, 2.24) is 23.8 Å². The molecular weight excluding hydrogens is 316 g/mol. The molecule has 9 heteroatoms. The number of rotatable bonds is 5. The van der Waals surface area contributed by atoms with Crippen molar-refractivity contribution >= 4 is 16.0 Å². The van der Waals surface area contributed by atoms with E-state index >= 15 is 0 Å². The van der Waals surface area contributed by atoms with Crippen LogP contribution in [0.15, 0.2) is 24.8 Å². The van der Waals surface area contributed by atoms with E-state index in [0.29, 0.717) is 25.5 Å². The first-order valence-electron chi connectivity index (χ1n) is 7.50. The summed E-state index contributed by atoms with van der Waals surface area (Å²) < 4.78 is 28.3. The molecule has 0 spiro atoms. The lowest BCUT2D eigenvalue weighted by molar-refractivity contribution is 0.294. The Balaban J connectivity index is 1.84. The first kappa shape index (κ1) is 15.9. The summed E-state index contributed by atoms with van der Waals surface area (Å²) in [5, 5.41) is 3.12. The van der Waals surface area contributed by atoms with E-state index in [0.717, 1.165) is 11.4 Å². The van der Waals surface area contributed by atoms with E-state index in [-0.39, 0.29) is 11.8 Å². The molecule has 0 aliphatic carbocycles. The molecule has 0 radical (unpaired) electrons. The first-order chi connectivity index (χ1) is 11.0. The molecular formula is C14H20N6O2S. The highest BCUT2D eigenvalue weighted by Crippen LogP contribution is 2.25. The second-order valence-corrected chi connectivity index (χ2v) is 7.72. The number of aryl methyl sites for hydroxylation is 1. The molecule has 2 aromatic rings. The van der Waals surface area contributed by atoms with Crippen LogP contribution in [0.1, 0.15) is 18.3 Å². The van der Waals surface area contributed by atoms with Gasteiger partial charge in [0.05, 0.1) is 24.3 Å². The van der Waals surface area contributed by atoms with Crippen molar-refractivity contribution in [1.29, 1.82) is 0 Å². The van der Waals surface area contributed by atoms with Crippen LogP contribution in [0.5, 0.6) is 0 Å². The van der Waals surface area contributed by atoms with Crippen LogP contribution in [-0.2, 0) is 30.0 Å². The molecule has 3 heterocycles. The van der Waals surface area contributed by atoms with Crippen LogP contribution in [0.3, 0.4) is 0 Å². The molecule has 0 bridgehead atoms. The van der Waals surface area contributed by atoms with Gasteiger partial charge in [0.15, 0.2) is 0 Å². The highest BCUT2D eigenvalue weighted by atomic mass is 32.2. The predicted octanol–water partition coefficient (Wildman–Crippen LogP) is 0.399. The fourth-order valence-corrected chi connectivity index (χ4v) is 4.02. The molecule has 1 atom stereocenters. The SMILES string of the molecule is CCS(=O)(=O)N1Cc2ncn(C)c2C[C@H]1CNc1ncccn1. The van der Waals surface area contributed by atoms with Crippen LogP contribution in [0.4, 0.5) is 5.95 Å². The fraction of sp³-hybridized carbons (Fsp3) is 0.500. The minimum absolute atomic E-state index is 0.0769. The average Bonchev–Trinajstić information content (AvgIpc) is 2.93. The molecule has 1 aliphatic rings. The second kappa shape index (κ2) is 6.25. The summed E-state index contributed by atoms with van der Waals surface area (Å²) in [6, 6.07) is 1.55. The van der Waals surface area contributed by atoms with E-state index < -0.39 is 10.0 Å². The van der Waals surface area contributed by atoms with Gasteiger partial charge in [0.2, 0.25) is 16.0 Å². The molecule has 8 nitrogen and oxygen atoms in total. The fourth-order valence-electron chi connectivity index (χ4n) is 2.76.